The van der Waals surface area contributed by atoms with Crippen LogP contribution >= 0.6 is 11.3 Å². The molecule has 1 aromatic carbocycles. The van der Waals surface area contributed by atoms with E-state index in [0.29, 0.717) is 38.4 Å². The lowest BCUT2D eigenvalue weighted by Gasteiger charge is -2.37. The number of rotatable bonds is 13. The average Bonchev–Trinajstić information content (AvgIpc) is 3.28. The molecule has 0 unspecified atom stereocenters. The van der Waals surface area contributed by atoms with Crippen molar-refractivity contribution >= 4 is 17.2 Å². The maximum absolute atomic E-state index is 13.6. The van der Waals surface area contributed by atoms with Gasteiger partial charge in [0, 0.05) is 37.7 Å². The molecule has 0 radical (unpaired) electrons. The van der Waals surface area contributed by atoms with E-state index in [2.05, 4.69) is 6.58 Å². The SMILES string of the molecule is C=CCC[C@@H](O)CN(CCOC)CC(=O)N1CCc2sccc2[C@H]1COc1cccc(F)c1. The number of hydrogen-bond acceptors (Lipinski definition) is 6. The monoisotopic (exact) mass is 476 g/mol. The molecule has 2 atom stereocenters. The van der Waals surface area contributed by atoms with Crippen molar-refractivity contribution in [3.63, 3.8) is 0 Å². The number of thiophene rings is 1. The van der Waals surface area contributed by atoms with Crippen LogP contribution in [0.4, 0.5) is 4.39 Å². The van der Waals surface area contributed by atoms with Crippen LogP contribution in [0.25, 0.3) is 0 Å². The number of hydrogen-bond donors (Lipinski definition) is 1. The summed E-state index contributed by atoms with van der Waals surface area (Å²) in [7, 11) is 1.62. The summed E-state index contributed by atoms with van der Waals surface area (Å²) in [6, 6.07) is 7.84. The first-order chi connectivity index (χ1) is 16.0. The number of amides is 1. The van der Waals surface area contributed by atoms with Crippen LogP contribution in [0.1, 0.15) is 29.3 Å². The van der Waals surface area contributed by atoms with Gasteiger partial charge in [0.1, 0.15) is 18.2 Å². The Balaban J connectivity index is 1.70. The molecule has 1 amide bonds. The van der Waals surface area contributed by atoms with E-state index >= 15 is 0 Å². The molecule has 1 aromatic heterocycles. The Morgan fingerprint density at radius 3 is 3.06 bits per heavy atom. The Labute approximate surface area is 199 Å². The second-order valence-electron chi connectivity index (χ2n) is 8.17. The highest BCUT2D eigenvalue weighted by Crippen LogP contribution is 2.34. The molecule has 6 nitrogen and oxygen atoms in total. The van der Waals surface area contributed by atoms with Crippen LogP contribution in [-0.2, 0) is 16.0 Å². The molecular weight excluding hydrogens is 443 g/mol. The maximum atomic E-state index is 13.6. The summed E-state index contributed by atoms with van der Waals surface area (Å²) in [6.45, 7) is 6.15. The first-order valence-electron chi connectivity index (χ1n) is 11.3. The van der Waals surface area contributed by atoms with Crippen LogP contribution in [0, 0.1) is 5.82 Å². The highest BCUT2D eigenvalue weighted by Gasteiger charge is 2.33. The second-order valence-corrected chi connectivity index (χ2v) is 9.17. The summed E-state index contributed by atoms with van der Waals surface area (Å²) in [5.74, 6) is 0.0626. The molecule has 0 spiro atoms. The minimum absolute atomic E-state index is 0.0216. The number of fused-ring (bicyclic) bond motifs is 1. The molecule has 2 heterocycles. The van der Waals surface area contributed by atoms with E-state index in [1.807, 2.05) is 21.2 Å². The van der Waals surface area contributed by atoms with Crippen LogP contribution in [-0.4, -0.2) is 73.4 Å². The fraction of sp³-hybridized carbons (Fsp3) is 0.480. The van der Waals surface area contributed by atoms with Gasteiger partial charge in [-0.25, -0.2) is 4.39 Å². The second kappa shape index (κ2) is 12.8. The summed E-state index contributed by atoms with van der Waals surface area (Å²) >= 11 is 1.69. The van der Waals surface area contributed by atoms with Crippen molar-refractivity contribution in [3.8, 4) is 5.75 Å². The molecule has 0 bridgehead atoms. The van der Waals surface area contributed by atoms with Crippen LogP contribution < -0.4 is 4.74 Å². The van der Waals surface area contributed by atoms with E-state index in [9.17, 15) is 14.3 Å². The number of carbonyl (C=O) groups excluding carboxylic acids is 1. The Hall–Kier alpha value is -2.26. The van der Waals surface area contributed by atoms with E-state index in [-0.39, 0.29) is 30.9 Å². The number of aliphatic hydroxyl groups excluding tert-OH is 1. The average molecular weight is 477 g/mol. The first kappa shape index (κ1) is 25.4. The molecule has 1 aliphatic rings. The first-order valence-corrected chi connectivity index (χ1v) is 12.1. The quantitative estimate of drug-likeness (QED) is 0.447. The summed E-state index contributed by atoms with van der Waals surface area (Å²) in [6.07, 6.45) is 3.37. The van der Waals surface area contributed by atoms with Crippen molar-refractivity contribution in [3.05, 3.63) is 64.6 Å². The summed E-state index contributed by atoms with van der Waals surface area (Å²) < 4.78 is 24.7. The number of ether oxygens (including phenoxy) is 2. The van der Waals surface area contributed by atoms with Gasteiger partial charge in [-0.1, -0.05) is 12.1 Å². The van der Waals surface area contributed by atoms with E-state index in [1.54, 1.807) is 36.7 Å². The predicted molar refractivity (Wildman–Crippen MR) is 128 cm³/mol. The number of methoxy groups -OCH3 is 1. The highest BCUT2D eigenvalue weighted by molar-refractivity contribution is 7.10. The minimum Gasteiger partial charge on any atom is -0.491 e. The van der Waals surface area contributed by atoms with Crippen molar-refractivity contribution in [1.29, 1.82) is 0 Å². The van der Waals surface area contributed by atoms with Crippen molar-refractivity contribution in [2.24, 2.45) is 0 Å². The molecule has 0 saturated heterocycles. The Bertz CT molecular complexity index is 906. The zero-order valence-electron chi connectivity index (χ0n) is 19.1. The number of nitrogens with zero attached hydrogens (tertiary/aromatic N) is 2. The Kier molecular flexibility index (Phi) is 9.87. The normalized spacial score (nSPS) is 16.5. The summed E-state index contributed by atoms with van der Waals surface area (Å²) in [4.78, 5) is 18.5. The van der Waals surface area contributed by atoms with Gasteiger partial charge in [-0.15, -0.1) is 17.9 Å². The number of carbonyl (C=O) groups is 1. The number of aliphatic hydroxyl groups is 1. The lowest BCUT2D eigenvalue weighted by molar-refractivity contribution is -0.136. The lowest BCUT2D eigenvalue weighted by Crippen LogP contribution is -2.48. The molecule has 3 rings (SSSR count). The third-order valence-corrected chi connectivity index (χ3v) is 6.76. The molecule has 1 N–H and O–H groups in total. The fourth-order valence-electron chi connectivity index (χ4n) is 4.04. The molecular formula is C25H33FN2O4S. The van der Waals surface area contributed by atoms with Gasteiger partial charge < -0.3 is 19.5 Å². The molecule has 180 valence electrons. The van der Waals surface area contributed by atoms with Gasteiger partial charge in [0.25, 0.3) is 0 Å². The highest BCUT2D eigenvalue weighted by atomic mass is 32.1. The number of halogens is 1. The third kappa shape index (κ3) is 7.37. The van der Waals surface area contributed by atoms with E-state index in [4.69, 9.17) is 9.47 Å². The maximum Gasteiger partial charge on any atom is 0.237 e. The van der Waals surface area contributed by atoms with Crippen LogP contribution in [0.5, 0.6) is 5.75 Å². The van der Waals surface area contributed by atoms with E-state index in [0.717, 1.165) is 18.4 Å². The van der Waals surface area contributed by atoms with Gasteiger partial charge in [-0.05, 0) is 48.4 Å². The molecule has 33 heavy (non-hydrogen) atoms. The van der Waals surface area contributed by atoms with E-state index < -0.39 is 6.10 Å². The van der Waals surface area contributed by atoms with Crippen LogP contribution in [0.2, 0.25) is 0 Å². The van der Waals surface area contributed by atoms with Crippen LogP contribution in [0.3, 0.4) is 0 Å². The lowest BCUT2D eigenvalue weighted by atomic mass is 10.0. The van der Waals surface area contributed by atoms with Gasteiger partial charge in [0.2, 0.25) is 5.91 Å². The van der Waals surface area contributed by atoms with E-state index in [1.165, 1.54) is 17.0 Å². The van der Waals surface area contributed by atoms with Gasteiger partial charge in [-0.2, -0.15) is 0 Å². The topological polar surface area (TPSA) is 62.2 Å². The van der Waals surface area contributed by atoms with Crippen LogP contribution in [0.15, 0.2) is 48.4 Å². The van der Waals surface area contributed by atoms with Crippen molar-refractivity contribution in [2.75, 3.05) is 46.5 Å². The molecule has 1 aliphatic heterocycles. The molecule has 0 fully saturated rings. The van der Waals surface area contributed by atoms with Crippen molar-refractivity contribution in [1.82, 2.24) is 9.80 Å². The van der Waals surface area contributed by atoms with Crippen molar-refractivity contribution in [2.45, 2.75) is 31.4 Å². The van der Waals surface area contributed by atoms with Gasteiger partial charge in [0.15, 0.2) is 0 Å². The zero-order chi connectivity index (χ0) is 23.6. The number of benzene rings is 1. The molecule has 0 aliphatic carbocycles. The van der Waals surface area contributed by atoms with Gasteiger partial charge in [0.05, 0.1) is 25.3 Å². The smallest absolute Gasteiger partial charge is 0.237 e. The molecule has 8 heteroatoms. The zero-order valence-corrected chi connectivity index (χ0v) is 19.9. The summed E-state index contributed by atoms with van der Waals surface area (Å²) in [5, 5.41) is 12.4. The fourth-order valence-corrected chi connectivity index (χ4v) is 4.97. The Morgan fingerprint density at radius 2 is 2.30 bits per heavy atom. The largest absolute Gasteiger partial charge is 0.491 e. The molecule has 0 saturated carbocycles. The predicted octanol–water partition coefficient (Wildman–Crippen LogP) is 3.67. The Morgan fingerprint density at radius 1 is 1.45 bits per heavy atom. The van der Waals surface area contributed by atoms with Gasteiger partial charge >= 0.3 is 0 Å². The van der Waals surface area contributed by atoms with Crippen molar-refractivity contribution < 1.29 is 23.8 Å². The standard InChI is InChI=1S/C25H33FN2O4S/c1-3-4-7-20(29)16-27(12-13-31-2)17-25(30)28-11-9-24-22(10-14-33-24)23(28)18-32-21-8-5-6-19(26)15-21/h3,5-6,8,10,14-15,20,23,29H,1,4,7,9,11-13,16-18H2,2H3/t20-,23-/m1/s1. The minimum atomic E-state index is -0.537. The third-order valence-electron chi connectivity index (χ3n) is 5.76. The molecule has 2 aromatic rings. The number of allylic oxidation sites excluding steroid dienone is 1. The summed E-state index contributed by atoms with van der Waals surface area (Å²) in [5.41, 5.74) is 1.09. The van der Waals surface area contributed by atoms with Gasteiger partial charge in [-0.3, -0.25) is 9.69 Å².